The first-order chi connectivity index (χ1) is 12.7. The zero-order chi connectivity index (χ0) is 18.4. The van der Waals surface area contributed by atoms with Gasteiger partial charge in [0.05, 0.1) is 13.0 Å². The molecule has 136 valence electrons. The van der Waals surface area contributed by atoms with E-state index in [-0.39, 0.29) is 24.9 Å². The third kappa shape index (κ3) is 4.42. The molecule has 0 radical (unpaired) electrons. The second-order valence-corrected chi connectivity index (χ2v) is 6.40. The van der Waals surface area contributed by atoms with Gasteiger partial charge in [0.2, 0.25) is 5.91 Å². The lowest BCUT2D eigenvalue weighted by Gasteiger charge is -2.16. The second-order valence-electron chi connectivity index (χ2n) is 6.40. The topological polar surface area (TPSA) is 55.8 Å². The molecule has 26 heavy (non-hydrogen) atoms. The maximum atomic E-state index is 12.3. The zero-order valence-corrected chi connectivity index (χ0v) is 14.9. The number of esters is 1. The molecule has 2 aromatic carbocycles. The number of benzene rings is 2. The van der Waals surface area contributed by atoms with Gasteiger partial charge in [-0.3, -0.25) is 9.59 Å². The van der Waals surface area contributed by atoms with Crippen molar-refractivity contribution in [3.8, 4) is 5.75 Å². The highest BCUT2D eigenvalue weighted by Crippen LogP contribution is 2.22. The van der Waals surface area contributed by atoms with Crippen LogP contribution < -0.4 is 4.74 Å². The van der Waals surface area contributed by atoms with E-state index in [0.717, 1.165) is 12.0 Å². The Hall–Kier alpha value is -2.82. The van der Waals surface area contributed by atoms with Crippen molar-refractivity contribution in [1.82, 2.24) is 4.90 Å². The van der Waals surface area contributed by atoms with E-state index in [0.29, 0.717) is 18.8 Å². The quantitative estimate of drug-likeness (QED) is 0.718. The lowest BCUT2D eigenvalue weighted by molar-refractivity contribution is -0.149. The molecule has 1 aliphatic heterocycles. The Kier molecular flexibility index (Phi) is 5.89. The number of nitrogens with zero attached hydrogens (tertiary/aromatic N) is 1. The van der Waals surface area contributed by atoms with Gasteiger partial charge in [-0.1, -0.05) is 48.5 Å². The van der Waals surface area contributed by atoms with Gasteiger partial charge >= 0.3 is 5.97 Å². The smallest absolute Gasteiger partial charge is 0.311 e. The third-order valence-electron chi connectivity index (χ3n) is 4.62. The van der Waals surface area contributed by atoms with E-state index >= 15 is 0 Å². The van der Waals surface area contributed by atoms with Crippen LogP contribution in [0.25, 0.3) is 0 Å². The summed E-state index contributed by atoms with van der Waals surface area (Å²) in [5.41, 5.74) is 2.00. The number of carbonyl (C=O) groups is 2. The molecule has 1 unspecified atom stereocenters. The number of hydrogen-bond donors (Lipinski definition) is 0. The van der Waals surface area contributed by atoms with Crippen molar-refractivity contribution in [2.24, 2.45) is 5.92 Å². The molecule has 5 nitrogen and oxygen atoms in total. The lowest BCUT2D eigenvalue weighted by Crippen LogP contribution is -2.28. The predicted molar refractivity (Wildman–Crippen MR) is 97.6 cm³/mol. The summed E-state index contributed by atoms with van der Waals surface area (Å²) < 4.78 is 10.7. The van der Waals surface area contributed by atoms with Crippen LogP contribution in [0.4, 0.5) is 0 Å². The minimum atomic E-state index is -0.395. The molecule has 0 aromatic heterocycles. The predicted octanol–water partition coefficient (Wildman–Crippen LogP) is 2.83. The van der Waals surface area contributed by atoms with Crippen molar-refractivity contribution < 1.29 is 19.1 Å². The Labute approximate surface area is 153 Å². The number of carbonyl (C=O) groups excluding carboxylic acids is 2. The first-order valence-corrected chi connectivity index (χ1v) is 8.77. The van der Waals surface area contributed by atoms with Gasteiger partial charge in [-0.05, 0) is 18.1 Å². The fourth-order valence-corrected chi connectivity index (χ4v) is 3.14. The number of ether oxygens (including phenoxy) is 2. The fraction of sp³-hybridized carbons (Fsp3) is 0.333. The maximum Gasteiger partial charge on any atom is 0.311 e. The minimum absolute atomic E-state index is 0.0140. The normalized spacial score (nSPS) is 16.6. The summed E-state index contributed by atoms with van der Waals surface area (Å²) in [6, 6.07) is 17.4. The molecular weight excluding hydrogens is 330 g/mol. The van der Waals surface area contributed by atoms with Gasteiger partial charge in [-0.2, -0.15) is 0 Å². The summed E-state index contributed by atoms with van der Waals surface area (Å²) in [6.45, 7) is 1.20. The van der Waals surface area contributed by atoms with Crippen LogP contribution in [-0.2, 0) is 27.4 Å². The molecule has 1 fully saturated rings. The highest BCUT2D eigenvalue weighted by Gasteiger charge is 2.35. The van der Waals surface area contributed by atoms with Crippen molar-refractivity contribution in [3.05, 3.63) is 65.7 Å². The van der Waals surface area contributed by atoms with Crippen LogP contribution in [0.5, 0.6) is 5.75 Å². The summed E-state index contributed by atoms with van der Waals surface area (Å²) in [6.07, 6.45) is 1.01. The molecule has 5 heteroatoms. The molecule has 0 N–H and O–H groups in total. The van der Waals surface area contributed by atoms with Crippen molar-refractivity contribution >= 4 is 11.9 Å². The molecule has 1 amide bonds. The van der Waals surface area contributed by atoms with Crippen LogP contribution in [0, 0.1) is 5.92 Å². The van der Waals surface area contributed by atoms with E-state index < -0.39 is 5.92 Å². The fourth-order valence-electron chi connectivity index (χ4n) is 3.14. The summed E-state index contributed by atoms with van der Waals surface area (Å²) in [4.78, 5) is 26.3. The number of methoxy groups -OCH3 is 1. The average Bonchev–Trinajstić information content (AvgIpc) is 3.06. The molecule has 1 atom stereocenters. The van der Waals surface area contributed by atoms with E-state index in [1.807, 2.05) is 54.6 Å². The van der Waals surface area contributed by atoms with E-state index in [4.69, 9.17) is 9.47 Å². The van der Waals surface area contributed by atoms with E-state index in [1.165, 1.54) is 5.56 Å². The van der Waals surface area contributed by atoms with Crippen LogP contribution in [-0.4, -0.2) is 37.0 Å². The van der Waals surface area contributed by atoms with E-state index in [9.17, 15) is 9.59 Å². The largest absolute Gasteiger partial charge is 0.496 e. The van der Waals surface area contributed by atoms with Crippen LogP contribution in [0.1, 0.15) is 17.5 Å². The van der Waals surface area contributed by atoms with Gasteiger partial charge in [-0.15, -0.1) is 0 Å². The van der Waals surface area contributed by atoms with Crippen molar-refractivity contribution in [1.29, 1.82) is 0 Å². The van der Waals surface area contributed by atoms with Crippen LogP contribution >= 0.6 is 0 Å². The number of likely N-dealkylation sites (tertiary alicyclic amines) is 1. The third-order valence-corrected chi connectivity index (χ3v) is 4.62. The second kappa shape index (κ2) is 8.52. The number of rotatable bonds is 7. The van der Waals surface area contributed by atoms with Gasteiger partial charge in [0.1, 0.15) is 12.4 Å². The summed E-state index contributed by atoms with van der Waals surface area (Å²) in [5.74, 6) is -0.0214. The summed E-state index contributed by atoms with van der Waals surface area (Å²) >= 11 is 0. The maximum absolute atomic E-state index is 12.3. The van der Waals surface area contributed by atoms with Crippen LogP contribution in [0.15, 0.2) is 54.6 Å². The van der Waals surface area contributed by atoms with Gasteiger partial charge in [0.15, 0.2) is 0 Å². The van der Waals surface area contributed by atoms with Gasteiger partial charge in [0.25, 0.3) is 0 Å². The SMILES string of the molecule is COc1ccccc1COC(=O)C1CC(=O)N(CCc2ccccc2)C1. The number of amides is 1. The Morgan fingerprint density at radius 1 is 1.12 bits per heavy atom. The van der Waals surface area contributed by atoms with Crippen LogP contribution in [0.3, 0.4) is 0 Å². The molecule has 0 spiro atoms. The minimum Gasteiger partial charge on any atom is -0.496 e. The monoisotopic (exact) mass is 353 g/mol. The van der Waals surface area contributed by atoms with Crippen molar-refractivity contribution in [3.63, 3.8) is 0 Å². The molecular formula is C21H23NO4. The van der Waals surface area contributed by atoms with E-state index in [1.54, 1.807) is 12.0 Å². The van der Waals surface area contributed by atoms with Gasteiger partial charge in [0, 0.05) is 25.1 Å². The van der Waals surface area contributed by atoms with Crippen LogP contribution in [0.2, 0.25) is 0 Å². The first-order valence-electron chi connectivity index (χ1n) is 8.77. The Morgan fingerprint density at radius 3 is 2.62 bits per heavy atom. The molecule has 1 heterocycles. The first kappa shape index (κ1) is 18.0. The number of para-hydroxylation sites is 1. The highest BCUT2D eigenvalue weighted by atomic mass is 16.5. The van der Waals surface area contributed by atoms with Crippen molar-refractivity contribution in [2.75, 3.05) is 20.2 Å². The number of hydrogen-bond acceptors (Lipinski definition) is 4. The Morgan fingerprint density at radius 2 is 1.85 bits per heavy atom. The molecule has 0 bridgehead atoms. The summed E-state index contributed by atoms with van der Waals surface area (Å²) in [5, 5.41) is 0. The van der Waals surface area contributed by atoms with Gasteiger partial charge < -0.3 is 14.4 Å². The zero-order valence-electron chi connectivity index (χ0n) is 14.9. The Balaban J connectivity index is 1.50. The van der Waals surface area contributed by atoms with Crippen molar-refractivity contribution in [2.45, 2.75) is 19.4 Å². The lowest BCUT2D eigenvalue weighted by atomic mass is 10.1. The molecule has 0 aliphatic carbocycles. The molecule has 1 aliphatic rings. The Bertz CT molecular complexity index is 760. The molecule has 2 aromatic rings. The molecule has 0 saturated carbocycles. The van der Waals surface area contributed by atoms with E-state index in [2.05, 4.69) is 0 Å². The average molecular weight is 353 g/mol. The molecule has 3 rings (SSSR count). The summed E-state index contributed by atoms with van der Waals surface area (Å²) in [7, 11) is 1.58. The molecule has 1 saturated heterocycles. The standard InChI is InChI=1S/C21H23NO4/c1-25-19-10-6-5-9-17(19)15-26-21(24)18-13-20(23)22(14-18)12-11-16-7-3-2-4-8-16/h2-10,18H,11-15H2,1H3. The van der Waals surface area contributed by atoms with Gasteiger partial charge in [-0.25, -0.2) is 0 Å². The highest BCUT2D eigenvalue weighted by molar-refractivity contribution is 5.86.